The highest BCUT2D eigenvalue weighted by Crippen LogP contribution is 2.34. The number of rotatable bonds is 4. The predicted octanol–water partition coefficient (Wildman–Crippen LogP) is 4.10. The van der Waals surface area contributed by atoms with Gasteiger partial charge in [0, 0.05) is 16.7 Å². The lowest BCUT2D eigenvalue weighted by Crippen LogP contribution is -2.24. The minimum absolute atomic E-state index is 0.203. The lowest BCUT2D eigenvalue weighted by atomic mass is 10.1. The topological polar surface area (TPSA) is 47.6 Å². The van der Waals surface area contributed by atoms with Crippen LogP contribution in [0.5, 0.6) is 11.5 Å². The monoisotopic (exact) mass is 347 g/mol. The number of nitrogens with one attached hydrogen (secondary N) is 1. The average Bonchev–Trinajstić information content (AvgIpc) is 3.01. The molecule has 0 spiro atoms. The highest BCUT2D eigenvalue weighted by molar-refractivity contribution is 6.30. The first-order chi connectivity index (χ1) is 11.5. The van der Waals surface area contributed by atoms with Crippen molar-refractivity contribution >= 4 is 23.6 Å². The first-order valence-corrected chi connectivity index (χ1v) is 7.74. The van der Waals surface area contributed by atoms with E-state index in [1.807, 2.05) is 19.1 Å². The van der Waals surface area contributed by atoms with Crippen molar-refractivity contribution < 1.29 is 18.7 Å². The predicted molar refractivity (Wildman–Crippen MR) is 89.6 cm³/mol. The molecule has 24 heavy (non-hydrogen) atoms. The summed E-state index contributed by atoms with van der Waals surface area (Å²) in [6.45, 7) is 2.06. The molecule has 2 aromatic carbocycles. The van der Waals surface area contributed by atoms with Crippen LogP contribution in [-0.4, -0.2) is 12.7 Å². The molecule has 0 bridgehead atoms. The van der Waals surface area contributed by atoms with E-state index in [2.05, 4.69) is 5.32 Å². The summed E-state index contributed by atoms with van der Waals surface area (Å²) in [5.41, 5.74) is 1.18. The standard InChI is InChI=1S/C18H15ClFNO3/c1-11(13-3-6-16-17(8-13)24-10-23-16)21-18(22)7-4-12-2-5-14(19)9-15(12)20/h2-9,11H,10H2,1H3,(H,21,22)/b7-4+. The van der Waals surface area contributed by atoms with Gasteiger partial charge in [-0.3, -0.25) is 4.79 Å². The number of hydrogen-bond donors (Lipinski definition) is 1. The Hall–Kier alpha value is -2.53. The zero-order valence-corrected chi connectivity index (χ0v) is 13.6. The molecule has 2 aromatic rings. The van der Waals surface area contributed by atoms with Crippen molar-refractivity contribution in [3.63, 3.8) is 0 Å². The van der Waals surface area contributed by atoms with Crippen LogP contribution < -0.4 is 14.8 Å². The lowest BCUT2D eigenvalue weighted by molar-refractivity contribution is -0.117. The van der Waals surface area contributed by atoms with E-state index < -0.39 is 5.82 Å². The van der Waals surface area contributed by atoms with Crippen molar-refractivity contribution in [3.05, 3.63) is 64.4 Å². The molecule has 1 heterocycles. The minimum atomic E-state index is -0.477. The number of ether oxygens (including phenoxy) is 2. The molecule has 1 unspecified atom stereocenters. The van der Waals surface area contributed by atoms with E-state index in [-0.39, 0.29) is 18.7 Å². The summed E-state index contributed by atoms with van der Waals surface area (Å²) < 4.78 is 24.2. The molecule has 124 valence electrons. The Balaban J connectivity index is 1.64. The SMILES string of the molecule is CC(NC(=O)/C=C/c1ccc(Cl)cc1F)c1ccc2c(c1)OCO2. The van der Waals surface area contributed by atoms with Gasteiger partial charge in [0.25, 0.3) is 0 Å². The van der Waals surface area contributed by atoms with Gasteiger partial charge in [-0.15, -0.1) is 0 Å². The summed E-state index contributed by atoms with van der Waals surface area (Å²) in [6, 6.07) is 9.55. The molecule has 1 aliphatic heterocycles. The summed E-state index contributed by atoms with van der Waals surface area (Å²) in [5, 5.41) is 3.13. The van der Waals surface area contributed by atoms with E-state index in [1.54, 1.807) is 12.1 Å². The average molecular weight is 348 g/mol. The Labute approximate surface area is 143 Å². The largest absolute Gasteiger partial charge is 0.454 e. The molecule has 0 radical (unpaired) electrons. The number of fused-ring (bicyclic) bond motifs is 1. The van der Waals surface area contributed by atoms with Crippen LogP contribution in [0.3, 0.4) is 0 Å². The molecular weight excluding hydrogens is 333 g/mol. The van der Waals surface area contributed by atoms with Gasteiger partial charge in [-0.25, -0.2) is 4.39 Å². The maximum absolute atomic E-state index is 13.7. The van der Waals surface area contributed by atoms with E-state index >= 15 is 0 Å². The first kappa shape index (κ1) is 16.3. The molecule has 0 aromatic heterocycles. The first-order valence-electron chi connectivity index (χ1n) is 7.36. The molecule has 1 atom stereocenters. The Morgan fingerprint density at radius 2 is 2.04 bits per heavy atom. The molecule has 0 aliphatic carbocycles. The van der Waals surface area contributed by atoms with Crippen molar-refractivity contribution in [2.24, 2.45) is 0 Å². The van der Waals surface area contributed by atoms with Gasteiger partial charge in [0.1, 0.15) is 5.82 Å². The van der Waals surface area contributed by atoms with Crippen LogP contribution in [0.4, 0.5) is 4.39 Å². The Kier molecular flexibility index (Phi) is 4.71. The van der Waals surface area contributed by atoms with Crippen molar-refractivity contribution in [2.75, 3.05) is 6.79 Å². The van der Waals surface area contributed by atoms with Gasteiger partial charge in [0.05, 0.1) is 6.04 Å². The zero-order chi connectivity index (χ0) is 17.1. The number of benzene rings is 2. The molecule has 0 saturated carbocycles. The number of carbonyl (C=O) groups excluding carboxylic acids is 1. The van der Waals surface area contributed by atoms with E-state index in [1.165, 1.54) is 24.3 Å². The Morgan fingerprint density at radius 1 is 1.25 bits per heavy atom. The zero-order valence-electron chi connectivity index (χ0n) is 12.9. The van der Waals surface area contributed by atoms with Gasteiger partial charge in [0.2, 0.25) is 12.7 Å². The third kappa shape index (κ3) is 3.68. The van der Waals surface area contributed by atoms with E-state index in [0.29, 0.717) is 22.1 Å². The van der Waals surface area contributed by atoms with Gasteiger partial charge in [-0.05, 0) is 42.8 Å². The molecule has 1 aliphatic rings. The molecule has 6 heteroatoms. The van der Waals surface area contributed by atoms with Crippen molar-refractivity contribution in [1.82, 2.24) is 5.32 Å². The molecule has 1 N–H and O–H groups in total. The van der Waals surface area contributed by atoms with Crippen LogP contribution in [0.25, 0.3) is 6.08 Å². The second-order valence-corrected chi connectivity index (χ2v) is 5.78. The second kappa shape index (κ2) is 6.93. The Morgan fingerprint density at radius 3 is 2.83 bits per heavy atom. The highest BCUT2D eigenvalue weighted by atomic mass is 35.5. The molecule has 1 amide bonds. The highest BCUT2D eigenvalue weighted by Gasteiger charge is 2.16. The van der Waals surface area contributed by atoms with Gasteiger partial charge in [-0.1, -0.05) is 23.7 Å². The van der Waals surface area contributed by atoms with Gasteiger partial charge >= 0.3 is 0 Å². The fourth-order valence-electron chi connectivity index (χ4n) is 2.33. The molecule has 4 nitrogen and oxygen atoms in total. The second-order valence-electron chi connectivity index (χ2n) is 5.34. The third-order valence-electron chi connectivity index (χ3n) is 3.63. The maximum Gasteiger partial charge on any atom is 0.244 e. The molecular formula is C18H15ClFNO3. The maximum atomic E-state index is 13.7. The number of carbonyl (C=O) groups is 1. The number of halogens is 2. The van der Waals surface area contributed by atoms with E-state index in [9.17, 15) is 9.18 Å². The molecule has 0 saturated heterocycles. The lowest BCUT2D eigenvalue weighted by Gasteiger charge is -2.13. The van der Waals surface area contributed by atoms with Crippen LogP contribution in [0.2, 0.25) is 5.02 Å². The quantitative estimate of drug-likeness (QED) is 0.847. The van der Waals surface area contributed by atoms with Crippen molar-refractivity contribution in [1.29, 1.82) is 0 Å². The Bertz CT molecular complexity index is 807. The van der Waals surface area contributed by atoms with E-state index in [0.717, 1.165) is 5.56 Å². The summed E-state index contributed by atoms with van der Waals surface area (Å²) in [5.74, 6) is 0.549. The summed E-state index contributed by atoms with van der Waals surface area (Å²) in [6.07, 6.45) is 2.70. The van der Waals surface area contributed by atoms with Gasteiger partial charge < -0.3 is 14.8 Å². The smallest absolute Gasteiger partial charge is 0.244 e. The minimum Gasteiger partial charge on any atom is -0.454 e. The number of amides is 1. The number of hydrogen-bond acceptors (Lipinski definition) is 3. The fraction of sp³-hybridized carbons (Fsp3) is 0.167. The molecule has 3 rings (SSSR count). The normalized spacial score (nSPS) is 14.0. The summed E-state index contributed by atoms with van der Waals surface area (Å²) in [4.78, 5) is 12.0. The molecule has 0 fully saturated rings. The van der Waals surface area contributed by atoms with Gasteiger partial charge in [-0.2, -0.15) is 0 Å². The van der Waals surface area contributed by atoms with Crippen molar-refractivity contribution in [2.45, 2.75) is 13.0 Å². The summed E-state index contributed by atoms with van der Waals surface area (Å²) >= 11 is 5.69. The van der Waals surface area contributed by atoms with Crippen LogP contribution in [-0.2, 0) is 4.79 Å². The third-order valence-corrected chi connectivity index (χ3v) is 3.87. The van der Waals surface area contributed by atoms with Crippen LogP contribution in [0.15, 0.2) is 42.5 Å². The van der Waals surface area contributed by atoms with Crippen LogP contribution in [0, 0.1) is 5.82 Å². The fourth-order valence-corrected chi connectivity index (χ4v) is 2.49. The van der Waals surface area contributed by atoms with Crippen molar-refractivity contribution in [3.8, 4) is 11.5 Å². The van der Waals surface area contributed by atoms with Crippen LogP contribution >= 0.6 is 11.6 Å². The van der Waals surface area contributed by atoms with Gasteiger partial charge in [0.15, 0.2) is 11.5 Å². The summed E-state index contributed by atoms with van der Waals surface area (Å²) in [7, 11) is 0. The van der Waals surface area contributed by atoms with Crippen LogP contribution in [0.1, 0.15) is 24.1 Å². The van der Waals surface area contributed by atoms with E-state index in [4.69, 9.17) is 21.1 Å².